The second-order valence-corrected chi connectivity index (χ2v) is 3.58. The van der Waals surface area contributed by atoms with Crippen LogP contribution < -0.4 is 5.32 Å². The van der Waals surface area contributed by atoms with Gasteiger partial charge in [0, 0.05) is 23.9 Å². The Morgan fingerprint density at radius 2 is 2.31 bits per heavy atom. The molecule has 0 atom stereocenters. The molecule has 84 valence electrons. The van der Waals surface area contributed by atoms with Crippen LogP contribution >= 0.6 is 11.6 Å². The summed E-state index contributed by atoms with van der Waals surface area (Å²) >= 11 is 5.82. The summed E-state index contributed by atoms with van der Waals surface area (Å²) in [6.07, 6.45) is 0.405. The predicted octanol–water partition coefficient (Wildman–Crippen LogP) is 2.03. The molecule has 4 heteroatoms. The van der Waals surface area contributed by atoms with Gasteiger partial charge in [-0.1, -0.05) is 23.4 Å². The summed E-state index contributed by atoms with van der Waals surface area (Å²) in [6, 6.07) is 5.08. The summed E-state index contributed by atoms with van der Waals surface area (Å²) in [5.41, 5.74) is 1.28. The Balaban J connectivity index is 2.99. The van der Waals surface area contributed by atoms with Gasteiger partial charge in [-0.15, -0.1) is 0 Å². The van der Waals surface area contributed by atoms with Crippen molar-refractivity contribution < 1.29 is 9.90 Å². The molecule has 0 saturated carbocycles. The van der Waals surface area contributed by atoms with E-state index in [2.05, 4.69) is 17.2 Å². The van der Waals surface area contributed by atoms with Crippen molar-refractivity contribution >= 4 is 23.2 Å². The fraction of sp³-hybridized carbons (Fsp3) is 0.250. The van der Waals surface area contributed by atoms with Crippen LogP contribution in [0, 0.1) is 11.8 Å². The maximum absolute atomic E-state index is 11.0. The number of benzene rings is 1. The van der Waals surface area contributed by atoms with Gasteiger partial charge in [-0.2, -0.15) is 0 Å². The lowest BCUT2D eigenvalue weighted by Gasteiger charge is -2.05. The van der Waals surface area contributed by atoms with Gasteiger partial charge in [0.1, 0.15) is 0 Å². The Hall–Kier alpha value is -1.50. The molecule has 0 aromatic heterocycles. The standard InChI is InChI=1S/C12H12ClNO2/c1-9(16)14-12-8-11(13)6-5-10(12)4-2-3-7-15/h5-6,8,15H,3,7H2,1H3,(H,14,16). The zero-order valence-corrected chi connectivity index (χ0v) is 9.64. The number of amides is 1. The first-order chi connectivity index (χ1) is 7.63. The molecule has 1 amide bonds. The second-order valence-electron chi connectivity index (χ2n) is 3.15. The minimum absolute atomic E-state index is 0.0239. The van der Waals surface area contributed by atoms with Crippen molar-refractivity contribution in [2.45, 2.75) is 13.3 Å². The quantitative estimate of drug-likeness (QED) is 0.774. The number of aliphatic hydroxyl groups excluding tert-OH is 1. The van der Waals surface area contributed by atoms with E-state index >= 15 is 0 Å². The van der Waals surface area contributed by atoms with E-state index in [1.165, 1.54) is 6.92 Å². The Morgan fingerprint density at radius 1 is 1.56 bits per heavy atom. The molecule has 0 heterocycles. The Labute approximate surface area is 99.4 Å². The minimum Gasteiger partial charge on any atom is -0.395 e. The first-order valence-corrected chi connectivity index (χ1v) is 5.18. The third-order valence-corrected chi connectivity index (χ3v) is 1.99. The van der Waals surface area contributed by atoms with Crippen LogP contribution in [0.5, 0.6) is 0 Å². The van der Waals surface area contributed by atoms with Gasteiger partial charge in [-0.25, -0.2) is 0 Å². The number of halogens is 1. The van der Waals surface area contributed by atoms with Gasteiger partial charge in [0.05, 0.1) is 12.3 Å². The number of nitrogens with one attached hydrogen (secondary N) is 1. The normalized spacial score (nSPS) is 9.19. The smallest absolute Gasteiger partial charge is 0.221 e. The SMILES string of the molecule is CC(=O)Nc1cc(Cl)ccc1C#CCCO. The van der Waals surface area contributed by atoms with Gasteiger partial charge in [-0.3, -0.25) is 4.79 Å². The van der Waals surface area contributed by atoms with Gasteiger partial charge >= 0.3 is 0 Å². The first-order valence-electron chi connectivity index (χ1n) is 4.80. The van der Waals surface area contributed by atoms with Gasteiger partial charge in [0.2, 0.25) is 5.91 Å². The highest BCUT2D eigenvalue weighted by Crippen LogP contribution is 2.20. The van der Waals surface area contributed by atoms with Crippen molar-refractivity contribution in [2.75, 3.05) is 11.9 Å². The summed E-state index contributed by atoms with van der Waals surface area (Å²) in [6.45, 7) is 1.45. The molecule has 0 spiro atoms. The van der Waals surface area contributed by atoms with Crippen molar-refractivity contribution in [3.05, 3.63) is 28.8 Å². The van der Waals surface area contributed by atoms with E-state index in [4.69, 9.17) is 16.7 Å². The predicted molar refractivity (Wildman–Crippen MR) is 64.3 cm³/mol. The van der Waals surface area contributed by atoms with Crippen molar-refractivity contribution in [3.63, 3.8) is 0 Å². The largest absolute Gasteiger partial charge is 0.395 e. The van der Waals surface area contributed by atoms with Crippen LogP contribution in [-0.4, -0.2) is 17.6 Å². The lowest BCUT2D eigenvalue weighted by molar-refractivity contribution is -0.114. The summed E-state index contributed by atoms with van der Waals surface area (Å²) in [5, 5.41) is 11.8. The van der Waals surface area contributed by atoms with E-state index in [-0.39, 0.29) is 12.5 Å². The third kappa shape index (κ3) is 3.93. The fourth-order valence-electron chi connectivity index (χ4n) is 1.13. The van der Waals surface area contributed by atoms with Gasteiger partial charge in [0.15, 0.2) is 0 Å². The molecule has 16 heavy (non-hydrogen) atoms. The molecule has 0 radical (unpaired) electrons. The highest BCUT2D eigenvalue weighted by molar-refractivity contribution is 6.31. The third-order valence-electron chi connectivity index (χ3n) is 1.75. The molecule has 1 aromatic carbocycles. The molecule has 0 saturated heterocycles. The number of hydrogen-bond donors (Lipinski definition) is 2. The molecular formula is C12H12ClNO2. The fourth-order valence-corrected chi connectivity index (χ4v) is 1.30. The van der Waals surface area contributed by atoms with E-state index in [0.29, 0.717) is 22.7 Å². The van der Waals surface area contributed by atoms with Crippen LogP contribution in [0.1, 0.15) is 18.9 Å². The van der Waals surface area contributed by atoms with Crippen LogP contribution in [0.3, 0.4) is 0 Å². The molecular weight excluding hydrogens is 226 g/mol. The minimum atomic E-state index is -0.174. The van der Waals surface area contributed by atoms with Crippen LogP contribution in [0.4, 0.5) is 5.69 Å². The molecule has 1 rings (SSSR count). The zero-order chi connectivity index (χ0) is 12.0. The summed E-state index contributed by atoms with van der Waals surface area (Å²) in [4.78, 5) is 11.0. The highest BCUT2D eigenvalue weighted by atomic mass is 35.5. The van der Waals surface area contributed by atoms with Crippen LogP contribution in [0.2, 0.25) is 5.02 Å². The Morgan fingerprint density at radius 3 is 2.94 bits per heavy atom. The second kappa shape index (κ2) is 6.16. The molecule has 0 aliphatic rings. The topological polar surface area (TPSA) is 49.3 Å². The number of carbonyl (C=O) groups excluding carboxylic acids is 1. The van der Waals surface area contributed by atoms with E-state index in [1.54, 1.807) is 18.2 Å². The molecule has 3 nitrogen and oxygen atoms in total. The number of aliphatic hydroxyl groups is 1. The van der Waals surface area contributed by atoms with Crippen molar-refractivity contribution in [2.24, 2.45) is 0 Å². The maximum Gasteiger partial charge on any atom is 0.221 e. The van der Waals surface area contributed by atoms with Crippen molar-refractivity contribution in [1.29, 1.82) is 0 Å². The maximum atomic E-state index is 11.0. The molecule has 0 aliphatic heterocycles. The van der Waals surface area contributed by atoms with Crippen LogP contribution in [0.25, 0.3) is 0 Å². The van der Waals surface area contributed by atoms with Gasteiger partial charge in [-0.05, 0) is 18.2 Å². The molecule has 0 bridgehead atoms. The van der Waals surface area contributed by atoms with E-state index in [9.17, 15) is 4.79 Å². The lowest BCUT2D eigenvalue weighted by Crippen LogP contribution is -2.07. The molecule has 1 aromatic rings. The molecule has 0 unspecified atom stereocenters. The molecule has 0 aliphatic carbocycles. The number of rotatable bonds is 2. The monoisotopic (exact) mass is 237 g/mol. The average molecular weight is 238 g/mol. The van der Waals surface area contributed by atoms with Crippen molar-refractivity contribution in [3.8, 4) is 11.8 Å². The van der Waals surface area contributed by atoms with Crippen molar-refractivity contribution in [1.82, 2.24) is 0 Å². The van der Waals surface area contributed by atoms with Gasteiger partial charge < -0.3 is 10.4 Å². The average Bonchev–Trinajstić information content (AvgIpc) is 2.20. The number of anilines is 1. The molecule has 0 fully saturated rings. The van der Waals surface area contributed by atoms with Gasteiger partial charge in [0.25, 0.3) is 0 Å². The molecule has 2 N–H and O–H groups in total. The van der Waals surface area contributed by atoms with Crippen LogP contribution in [-0.2, 0) is 4.79 Å². The summed E-state index contributed by atoms with van der Waals surface area (Å²) < 4.78 is 0. The zero-order valence-electron chi connectivity index (χ0n) is 8.88. The van der Waals surface area contributed by atoms with E-state index < -0.39 is 0 Å². The lowest BCUT2D eigenvalue weighted by atomic mass is 10.1. The summed E-state index contributed by atoms with van der Waals surface area (Å²) in [5.74, 6) is 5.48. The van der Waals surface area contributed by atoms with E-state index in [1.807, 2.05) is 0 Å². The summed E-state index contributed by atoms with van der Waals surface area (Å²) in [7, 11) is 0. The highest BCUT2D eigenvalue weighted by Gasteiger charge is 2.02. The number of carbonyl (C=O) groups is 1. The first kappa shape index (κ1) is 12.6. The number of hydrogen-bond acceptors (Lipinski definition) is 2. The van der Waals surface area contributed by atoms with Crippen LogP contribution in [0.15, 0.2) is 18.2 Å². The Kier molecular flexibility index (Phi) is 4.84. The Bertz CT molecular complexity index is 446. The van der Waals surface area contributed by atoms with E-state index in [0.717, 1.165) is 0 Å².